The van der Waals surface area contributed by atoms with Gasteiger partial charge in [-0.05, 0) is 74.0 Å². The molecule has 1 N–H and O–H groups in total. The van der Waals surface area contributed by atoms with E-state index in [1.807, 2.05) is 54.8 Å². The van der Waals surface area contributed by atoms with E-state index < -0.39 is 5.91 Å². The van der Waals surface area contributed by atoms with Gasteiger partial charge in [-0.3, -0.25) is 4.79 Å². The topological polar surface area (TPSA) is 67.0 Å². The molecule has 3 rings (SSSR count). The first-order valence-electron chi connectivity index (χ1n) is 8.95. The van der Waals surface area contributed by atoms with Gasteiger partial charge in [-0.2, -0.15) is 5.26 Å². The number of hydrogen-bond donors (Lipinski definition) is 1. The van der Waals surface area contributed by atoms with Gasteiger partial charge in [-0.15, -0.1) is 0 Å². The molecule has 0 spiro atoms. The number of nitriles is 1. The van der Waals surface area contributed by atoms with Crippen LogP contribution in [0.5, 0.6) is 5.75 Å². The molecule has 0 bridgehead atoms. The van der Waals surface area contributed by atoms with Crippen LogP contribution in [0.1, 0.15) is 17.0 Å². The minimum Gasteiger partial charge on any atom is -0.497 e. The van der Waals surface area contributed by atoms with Gasteiger partial charge in [0.15, 0.2) is 0 Å². The van der Waals surface area contributed by atoms with Crippen molar-refractivity contribution >= 4 is 29.3 Å². The lowest BCUT2D eigenvalue weighted by molar-refractivity contribution is -0.112. The first kappa shape index (κ1) is 20.2. The summed E-state index contributed by atoms with van der Waals surface area (Å²) in [5.74, 6) is 0.220. The number of halogens is 1. The highest BCUT2D eigenvalue weighted by molar-refractivity contribution is 6.30. The van der Waals surface area contributed by atoms with Crippen LogP contribution in [0.25, 0.3) is 11.8 Å². The van der Waals surface area contributed by atoms with Crippen molar-refractivity contribution in [2.75, 3.05) is 12.4 Å². The van der Waals surface area contributed by atoms with Crippen molar-refractivity contribution in [1.29, 1.82) is 5.26 Å². The molecule has 0 saturated carbocycles. The predicted octanol–water partition coefficient (Wildman–Crippen LogP) is 5.30. The lowest BCUT2D eigenvalue weighted by atomic mass is 10.1. The van der Waals surface area contributed by atoms with Crippen molar-refractivity contribution in [1.82, 2.24) is 4.57 Å². The number of nitrogens with zero attached hydrogens (tertiary/aromatic N) is 2. The molecule has 3 aromatic rings. The van der Waals surface area contributed by atoms with Crippen LogP contribution in [-0.2, 0) is 4.79 Å². The van der Waals surface area contributed by atoms with Crippen molar-refractivity contribution in [3.8, 4) is 17.5 Å². The molecule has 1 aromatic heterocycles. The third-order valence-corrected chi connectivity index (χ3v) is 4.78. The number of aromatic nitrogens is 1. The number of methoxy groups -OCH3 is 1. The highest BCUT2D eigenvalue weighted by Gasteiger charge is 2.14. The van der Waals surface area contributed by atoms with Crippen molar-refractivity contribution in [3.05, 3.63) is 82.1 Å². The molecule has 6 heteroatoms. The molecule has 29 heavy (non-hydrogen) atoms. The Morgan fingerprint density at radius 2 is 1.90 bits per heavy atom. The van der Waals surface area contributed by atoms with Crippen LogP contribution in [0, 0.1) is 25.2 Å². The van der Waals surface area contributed by atoms with E-state index in [0.29, 0.717) is 16.5 Å². The van der Waals surface area contributed by atoms with Gasteiger partial charge >= 0.3 is 0 Å². The van der Waals surface area contributed by atoms with Gasteiger partial charge in [0.2, 0.25) is 0 Å². The van der Waals surface area contributed by atoms with Gasteiger partial charge in [0.25, 0.3) is 5.91 Å². The maximum absolute atomic E-state index is 12.6. The van der Waals surface area contributed by atoms with E-state index in [4.69, 9.17) is 16.3 Å². The second-order valence-electron chi connectivity index (χ2n) is 6.49. The average molecular weight is 406 g/mol. The summed E-state index contributed by atoms with van der Waals surface area (Å²) in [5, 5.41) is 12.9. The van der Waals surface area contributed by atoms with E-state index in [0.717, 1.165) is 22.6 Å². The Labute approximate surface area is 174 Å². The molecule has 0 aliphatic carbocycles. The molecular weight excluding hydrogens is 386 g/mol. The minimum atomic E-state index is -0.467. The fraction of sp³-hybridized carbons (Fsp3) is 0.130. The zero-order chi connectivity index (χ0) is 21.0. The minimum absolute atomic E-state index is 0.0205. The van der Waals surface area contributed by atoms with Crippen molar-refractivity contribution in [2.24, 2.45) is 0 Å². The molecule has 0 radical (unpaired) electrons. The second-order valence-corrected chi connectivity index (χ2v) is 6.93. The van der Waals surface area contributed by atoms with Crippen molar-refractivity contribution < 1.29 is 9.53 Å². The fourth-order valence-corrected chi connectivity index (χ4v) is 3.31. The molecule has 0 atom stereocenters. The van der Waals surface area contributed by atoms with Gasteiger partial charge in [0, 0.05) is 27.8 Å². The summed E-state index contributed by atoms with van der Waals surface area (Å²) in [7, 11) is 1.57. The summed E-state index contributed by atoms with van der Waals surface area (Å²) in [6, 6.07) is 18.4. The molecule has 0 unspecified atom stereocenters. The Morgan fingerprint density at radius 3 is 2.52 bits per heavy atom. The molecule has 2 aromatic carbocycles. The van der Waals surface area contributed by atoms with E-state index in [2.05, 4.69) is 5.32 Å². The normalized spacial score (nSPS) is 11.1. The first-order valence-corrected chi connectivity index (χ1v) is 9.33. The summed E-state index contributed by atoms with van der Waals surface area (Å²) in [6.07, 6.45) is 1.60. The molecule has 0 fully saturated rings. The molecular formula is C23H20ClN3O2. The highest BCUT2D eigenvalue weighted by Crippen LogP contribution is 2.25. The van der Waals surface area contributed by atoms with E-state index in [9.17, 15) is 10.1 Å². The molecule has 0 aliphatic heterocycles. The fourth-order valence-electron chi connectivity index (χ4n) is 3.12. The molecule has 1 amide bonds. The Balaban J connectivity index is 1.90. The number of rotatable bonds is 5. The Morgan fingerprint density at radius 1 is 1.17 bits per heavy atom. The van der Waals surface area contributed by atoms with Crippen LogP contribution in [-0.4, -0.2) is 17.6 Å². The van der Waals surface area contributed by atoms with Crippen molar-refractivity contribution in [3.63, 3.8) is 0 Å². The lowest BCUT2D eigenvalue weighted by Crippen LogP contribution is -2.13. The smallest absolute Gasteiger partial charge is 0.266 e. The number of anilines is 1. The van der Waals surface area contributed by atoms with Gasteiger partial charge < -0.3 is 14.6 Å². The van der Waals surface area contributed by atoms with E-state index >= 15 is 0 Å². The van der Waals surface area contributed by atoms with Crippen LogP contribution in [0.3, 0.4) is 0 Å². The number of amides is 1. The van der Waals surface area contributed by atoms with Crippen LogP contribution in [0.4, 0.5) is 5.69 Å². The Kier molecular flexibility index (Phi) is 6.06. The number of carbonyl (C=O) groups excluding carboxylic acids is 1. The van der Waals surface area contributed by atoms with Crippen LogP contribution >= 0.6 is 11.6 Å². The van der Waals surface area contributed by atoms with Gasteiger partial charge in [0.05, 0.1) is 7.11 Å². The van der Waals surface area contributed by atoms with Gasteiger partial charge in [-0.1, -0.05) is 17.7 Å². The van der Waals surface area contributed by atoms with Crippen LogP contribution in [0.2, 0.25) is 5.02 Å². The van der Waals surface area contributed by atoms with E-state index in [1.165, 1.54) is 0 Å². The standard InChI is InChI=1S/C23H20ClN3O2/c1-15-11-17(16(2)27(15)21-6-4-5-19(24)13-21)12-18(14-25)23(28)26-20-7-9-22(29-3)10-8-20/h4-13H,1-3H3,(H,26,28)/b18-12-. The van der Waals surface area contributed by atoms with Gasteiger partial charge in [-0.25, -0.2) is 0 Å². The maximum Gasteiger partial charge on any atom is 0.266 e. The predicted molar refractivity (Wildman–Crippen MR) is 115 cm³/mol. The van der Waals surface area contributed by atoms with Gasteiger partial charge in [0.1, 0.15) is 17.4 Å². The number of aryl methyl sites for hydroxylation is 1. The second kappa shape index (κ2) is 8.68. The highest BCUT2D eigenvalue weighted by atomic mass is 35.5. The maximum atomic E-state index is 12.6. The molecule has 146 valence electrons. The number of hydrogen-bond acceptors (Lipinski definition) is 3. The monoisotopic (exact) mass is 405 g/mol. The quantitative estimate of drug-likeness (QED) is 0.462. The SMILES string of the molecule is COc1ccc(NC(=O)/C(C#N)=C\c2cc(C)n(-c3cccc(Cl)c3)c2C)cc1. The third kappa shape index (κ3) is 4.50. The number of nitrogens with one attached hydrogen (secondary N) is 1. The summed E-state index contributed by atoms with van der Waals surface area (Å²) in [5.41, 5.74) is 4.21. The van der Waals surface area contributed by atoms with Crippen molar-refractivity contribution in [2.45, 2.75) is 13.8 Å². The van der Waals surface area contributed by atoms with E-state index in [1.54, 1.807) is 37.5 Å². The zero-order valence-electron chi connectivity index (χ0n) is 16.4. The third-order valence-electron chi connectivity index (χ3n) is 4.55. The molecule has 5 nitrogen and oxygen atoms in total. The van der Waals surface area contributed by atoms with E-state index in [-0.39, 0.29) is 5.57 Å². The first-order chi connectivity index (χ1) is 13.9. The summed E-state index contributed by atoms with van der Waals surface area (Å²) in [4.78, 5) is 12.6. The Bertz CT molecular complexity index is 1120. The summed E-state index contributed by atoms with van der Waals surface area (Å²) in [6.45, 7) is 3.91. The molecule has 1 heterocycles. The molecule has 0 aliphatic rings. The molecule has 0 saturated heterocycles. The zero-order valence-corrected chi connectivity index (χ0v) is 17.1. The largest absolute Gasteiger partial charge is 0.497 e. The Hall–Kier alpha value is -3.49. The number of benzene rings is 2. The lowest BCUT2D eigenvalue weighted by Gasteiger charge is -2.10. The summed E-state index contributed by atoms with van der Waals surface area (Å²) >= 11 is 6.12. The number of carbonyl (C=O) groups is 1. The summed E-state index contributed by atoms with van der Waals surface area (Å²) < 4.78 is 7.14. The average Bonchev–Trinajstić information content (AvgIpc) is 2.99. The van der Waals surface area contributed by atoms with Crippen LogP contribution < -0.4 is 10.1 Å². The number of ether oxygens (including phenoxy) is 1. The van der Waals surface area contributed by atoms with Crippen LogP contribution in [0.15, 0.2) is 60.2 Å².